The van der Waals surface area contributed by atoms with Crippen LogP contribution in [0.15, 0.2) is 129 Å². The van der Waals surface area contributed by atoms with E-state index in [0.29, 0.717) is 0 Å². The molecule has 0 atom stereocenters. The Kier molecular flexibility index (Phi) is 13.8. The van der Waals surface area contributed by atoms with Crippen molar-refractivity contribution in [3.05, 3.63) is 132 Å². The molecule has 0 bridgehead atoms. The lowest BCUT2D eigenvalue weighted by atomic mass is 10.1. The molecule has 0 radical (unpaired) electrons. The summed E-state index contributed by atoms with van der Waals surface area (Å²) in [5.41, 5.74) is -0.447. The number of anilines is 6. The highest BCUT2D eigenvalue weighted by atomic mass is 32.2. The lowest BCUT2D eigenvalue weighted by molar-refractivity contribution is 0.101. The van der Waals surface area contributed by atoms with Crippen LogP contribution < -0.4 is 31.9 Å². The van der Waals surface area contributed by atoms with Gasteiger partial charge in [0.05, 0.1) is 43.9 Å². The van der Waals surface area contributed by atoms with E-state index in [1.807, 2.05) is 0 Å². The number of benzene rings is 4. The molecule has 0 aliphatic rings. The van der Waals surface area contributed by atoms with Gasteiger partial charge in [-0.3, -0.25) is 37.4 Å². The normalized spacial score (nSPS) is 12.1. The Bertz CT molecular complexity index is 4020. The smallest absolute Gasteiger partial charge is 0.323 e. The number of aromatic nitrogens is 4. The van der Waals surface area contributed by atoms with Gasteiger partial charge in [0.15, 0.2) is 0 Å². The summed E-state index contributed by atoms with van der Waals surface area (Å²) >= 11 is 0. The molecule has 0 aliphatic heterocycles. The standard InChI is InChI=1S/C45H40N10O17S4/c1-52-19-25(13-37(52)43(58)50-33-11-7-23-5-9-29(73(61,62)63)17-31(23)39(33)75(67,68)69)46-41(56)35-15-27(21-54(35)3)48-45(60)49-28-16-36(55(4)22-28)42(57)47-26-14-38(53(2)20-26)44(59)51-34-12-8-24-6-10-30(74(64,65)66)18-32(24)40(34)76(70,71)72/h5-22H,1-4H3,(H,46,56)(H,47,57)(H,50,58)(H,51,59)(H2,48,49,60)(H,61,62,63)(H,64,65,66)(H,67,68,69)(H,70,71,72). The van der Waals surface area contributed by atoms with Crippen LogP contribution in [0.3, 0.4) is 0 Å². The number of nitrogens with zero attached hydrogens (tertiary/aromatic N) is 4. The van der Waals surface area contributed by atoms with E-state index in [9.17, 15) is 75.9 Å². The summed E-state index contributed by atoms with van der Waals surface area (Å²) in [6, 6.07) is 15.5. The third-order valence-electron chi connectivity index (χ3n) is 11.5. The highest BCUT2D eigenvalue weighted by molar-refractivity contribution is 7.87. The van der Waals surface area contributed by atoms with E-state index >= 15 is 0 Å². The molecule has 0 saturated heterocycles. The zero-order chi connectivity index (χ0) is 55.6. The molecule has 0 unspecified atom stereocenters. The van der Waals surface area contributed by atoms with E-state index in [4.69, 9.17) is 0 Å². The number of hydrogen-bond donors (Lipinski definition) is 10. The maximum Gasteiger partial charge on any atom is 0.323 e. The summed E-state index contributed by atoms with van der Waals surface area (Å²) in [6.07, 6.45) is 5.57. The average Bonchev–Trinajstić information content (AvgIpc) is 4.08. The number of fused-ring (bicyclic) bond motifs is 2. The quantitative estimate of drug-likeness (QED) is 0.0641. The first-order valence-electron chi connectivity index (χ1n) is 21.4. The summed E-state index contributed by atoms with van der Waals surface area (Å²) in [7, 11) is -13.9. The minimum absolute atomic E-state index is 0.0389. The third-order valence-corrected chi connectivity index (χ3v) is 15.1. The molecule has 6 amide bonds. The van der Waals surface area contributed by atoms with Gasteiger partial charge in [0.1, 0.15) is 32.6 Å². The molecule has 8 aromatic rings. The minimum Gasteiger partial charge on any atom is -0.344 e. The lowest BCUT2D eigenvalue weighted by Crippen LogP contribution is -2.18. The van der Waals surface area contributed by atoms with Crippen LogP contribution >= 0.6 is 0 Å². The molecule has 4 aromatic heterocycles. The van der Waals surface area contributed by atoms with Crippen LogP contribution in [-0.4, -0.2) is 99.8 Å². The number of carbonyl (C=O) groups is 5. The van der Waals surface area contributed by atoms with Crippen molar-refractivity contribution in [3.8, 4) is 0 Å². The minimum atomic E-state index is -5.10. The fraction of sp³-hybridized carbons (Fsp3) is 0.0889. The number of aryl methyl sites for hydroxylation is 4. The highest BCUT2D eigenvalue weighted by Crippen LogP contribution is 2.35. The Morgan fingerprint density at radius 2 is 0.645 bits per heavy atom. The monoisotopic (exact) mass is 1120 g/mol. The first-order chi connectivity index (χ1) is 35.3. The van der Waals surface area contributed by atoms with Gasteiger partial charge in [-0.1, -0.05) is 24.3 Å². The summed E-state index contributed by atoms with van der Waals surface area (Å²) in [5, 5.41) is 14.8. The Labute approximate surface area is 430 Å². The second kappa shape index (κ2) is 19.5. The molecule has 0 saturated carbocycles. The summed E-state index contributed by atoms with van der Waals surface area (Å²) in [4.78, 5) is 63.9. The van der Waals surface area contributed by atoms with Crippen LogP contribution in [0, 0.1) is 0 Å². The average molecular weight is 1120 g/mol. The van der Waals surface area contributed by atoms with Crippen molar-refractivity contribution in [1.82, 2.24) is 18.3 Å². The summed E-state index contributed by atoms with van der Waals surface area (Å²) in [6.45, 7) is 0. The molecule has 8 rings (SSSR count). The second-order valence-corrected chi connectivity index (χ2v) is 22.4. The van der Waals surface area contributed by atoms with Gasteiger partial charge in [-0.2, -0.15) is 33.7 Å². The molecule has 0 aliphatic carbocycles. The first kappa shape index (κ1) is 53.6. The van der Waals surface area contributed by atoms with Crippen molar-refractivity contribution in [2.24, 2.45) is 28.2 Å². The van der Waals surface area contributed by atoms with Gasteiger partial charge in [-0.05, 0) is 71.4 Å². The Balaban J connectivity index is 0.893. The zero-order valence-electron chi connectivity index (χ0n) is 39.4. The van der Waals surface area contributed by atoms with Gasteiger partial charge in [0.25, 0.3) is 64.1 Å². The second-order valence-electron chi connectivity index (χ2n) is 16.8. The fourth-order valence-electron chi connectivity index (χ4n) is 8.11. The Morgan fingerprint density at radius 1 is 0.368 bits per heavy atom. The number of carbonyl (C=O) groups excluding carboxylic acids is 5. The van der Waals surface area contributed by atoms with Crippen molar-refractivity contribution < 1.29 is 75.9 Å². The number of urea groups is 1. The zero-order valence-corrected chi connectivity index (χ0v) is 42.7. The van der Waals surface area contributed by atoms with Crippen molar-refractivity contribution in [2.45, 2.75) is 19.6 Å². The Hall–Kier alpha value is -8.69. The van der Waals surface area contributed by atoms with Crippen LogP contribution in [0.4, 0.5) is 38.9 Å². The van der Waals surface area contributed by atoms with Crippen LogP contribution in [0.1, 0.15) is 42.0 Å². The number of rotatable bonds is 14. The van der Waals surface area contributed by atoms with Crippen molar-refractivity contribution in [2.75, 3.05) is 31.9 Å². The summed E-state index contributed by atoms with van der Waals surface area (Å²) in [5.74, 6) is -3.18. The molecule has 76 heavy (non-hydrogen) atoms. The van der Waals surface area contributed by atoms with Gasteiger partial charge < -0.3 is 50.2 Å². The number of nitrogens with one attached hydrogen (secondary N) is 6. The lowest BCUT2D eigenvalue weighted by Gasteiger charge is -2.13. The topological polar surface area (TPSA) is 395 Å². The predicted octanol–water partition coefficient (Wildman–Crippen LogP) is 4.99. The number of hydrogen-bond acceptors (Lipinski definition) is 13. The molecule has 396 valence electrons. The van der Waals surface area contributed by atoms with Crippen LogP contribution in [0.5, 0.6) is 0 Å². The maximum atomic E-state index is 13.4. The molecule has 4 aromatic carbocycles. The third kappa shape index (κ3) is 11.2. The van der Waals surface area contributed by atoms with Crippen molar-refractivity contribution >= 4 is 126 Å². The predicted molar refractivity (Wildman–Crippen MR) is 273 cm³/mol. The Morgan fingerprint density at radius 3 is 0.934 bits per heavy atom. The van der Waals surface area contributed by atoms with E-state index in [-0.39, 0.29) is 67.1 Å². The first-order valence-corrected chi connectivity index (χ1v) is 27.1. The summed E-state index contributed by atoms with van der Waals surface area (Å²) < 4.78 is 142. The van der Waals surface area contributed by atoms with Crippen LogP contribution in [0.2, 0.25) is 0 Å². The van der Waals surface area contributed by atoms with Crippen molar-refractivity contribution in [3.63, 3.8) is 0 Å². The van der Waals surface area contributed by atoms with E-state index in [2.05, 4.69) is 31.9 Å². The molecule has 31 heteroatoms. The van der Waals surface area contributed by atoms with Gasteiger partial charge in [0, 0.05) is 63.8 Å². The van der Waals surface area contributed by atoms with E-state index in [1.54, 1.807) is 0 Å². The maximum absolute atomic E-state index is 13.4. The van der Waals surface area contributed by atoms with Crippen molar-refractivity contribution in [1.29, 1.82) is 0 Å². The molecule has 10 N–H and O–H groups in total. The van der Waals surface area contributed by atoms with Gasteiger partial charge in [-0.25, -0.2) is 4.79 Å². The molecular weight excluding hydrogens is 1080 g/mol. The SMILES string of the molecule is Cn1cc(NC(=O)Nc2cc(C(=O)Nc3cc(C(=O)Nc4ccc5ccc(S(=O)(=O)O)cc5c4S(=O)(=O)O)n(C)c3)n(C)c2)cc1C(=O)Nc1cc(C(=O)Nc2ccc3ccc(S(=O)(=O)O)cc3c2S(=O)(=O)O)n(C)c1. The van der Waals surface area contributed by atoms with Gasteiger partial charge in [-0.15, -0.1) is 0 Å². The molecule has 0 fully saturated rings. The van der Waals surface area contributed by atoms with Crippen LogP contribution in [-0.2, 0) is 68.7 Å². The molecule has 0 spiro atoms. The molecular formula is C45H40N10O17S4. The number of amides is 6. The molecule has 27 nitrogen and oxygen atoms in total. The largest absolute Gasteiger partial charge is 0.344 e. The van der Waals surface area contributed by atoms with E-state index in [1.165, 1.54) is 132 Å². The van der Waals surface area contributed by atoms with E-state index < -0.39 is 101 Å². The van der Waals surface area contributed by atoms with Gasteiger partial charge >= 0.3 is 6.03 Å². The van der Waals surface area contributed by atoms with E-state index in [0.717, 1.165) is 24.3 Å². The molecule has 4 heterocycles. The highest BCUT2D eigenvalue weighted by Gasteiger charge is 2.27. The van der Waals surface area contributed by atoms with Gasteiger partial charge in [0.2, 0.25) is 0 Å². The fourth-order valence-corrected chi connectivity index (χ4v) is 10.8. The van der Waals surface area contributed by atoms with Crippen LogP contribution in [0.25, 0.3) is 21.5 Å².